The van der Waals surface area contributed by atoms with Crippen LogP contribution in [-0.4, -0.2) is 40.2 Å². The molecule has 2 heterocycles. The number of fused-ring (bicyclic) bond motifs is 1. The highest BCUT2D eigenvalue weighted by molar-refractivity contribution is 5.97. The molecule has 0 saturated carbocycles. The number of carbonyl (C=O) groups is 2. The summed E-state index contributed by atoms with van der Waals surface area (Å²) in [5.74, 6) is -1.07. The van der Waals surface area contributed by atoms with E-state index in [9.17, 15) is 14.7 Å². The number of ether oxygens (including phenoxy) is 1. The van der Waals surface area contributed by atoms with Gasteiger partial charge >= 0.3 is 5.97 Å². The molecule has 1 aliphatic rings. The van der Waals surface area contributed by atoms with Crippen molar-refractivity contribution in [2.24, 2.45) is 0 Å². The Kier molecular flexibility index (Phi) is 3.54. The summed E-state index contributed by atoms with van der Waals surface area (Å²) in [6, 6.07) is 5.72. The summed E-state index contributed by atoms with van der Waals surface area (Å²) in [5.41, 5.74) is 1.13. The highest BCUT2D eigenvalue weighted by atomic mass is 16.5. The lowest BCUT2D eigenvalue weighted by atomic mass is 10.0. The molecule has 7 heteroatoms. The van der Waals surface area contributed by atoms with Crippen LogP contribution in [0.4, 0.5) is 0 Å². The number of carboxylic acids is 1. The van der Waals surface area contributed by atoms with Gasteiger partial charge in [-0.3, -0.25) is 4.79 Å². The number of aliphatic carboxylic acids is 1. The minimum absolute atomic E-state index is 0.162. The highest BCUT2D eigenvalue weighted by Gasteiger charge is 2.36. The molecule has 1 amide bonds. The molecular formula is C15H14N2O5. The second-order valence-electron chi connectivity index (χ2n) is 4.94. The highest BCUT2D eigenvalue weighted by Crippen LogP contribution is 2.33. The molecular weight excluding hydrogens is 288 g/mol. The van der Waals surface area contributed by atoms with Gasteiger partial charge in [0, 0.05) is 5.56 Å². The van der Waals surface area contributed by atoms with E-state index in [0.29, 0.717) is 17.0 Å². The standard InChI is InChI=1S/C15H14N2O5/c1-9-11(8-22-16-9)14(18)17-6-7-21-12-5-3-2-4-10(12)13(17)15(19)20/h2-5,8,13H,6-7H2,1H3,(H,19,20). The molecule has 7 nitrogen and oxygen atoms in total. The van der Waals surface area contributed by atoms with Gasteiger partial charge in [-0.05, 0) is 13.0 Å². The summed E-state index contributed by atoms with van der Waals surface area (Å²) in [5, 5.41) is 13.3. The minimum Gasteiger partial charge on any atom is -0.491 e. The lowest BCUT2D eigenvalue weighted by Crippen LogP contribution is -2.40. The zero-order valence-electron chi connectivity index (χ0n) is 11.9. The molecule has 0 saturated heterocycles. The van der Waals surface area contributed by atoms with Crippen molar-refractivity contribution < 1.29 is 24.0 Å². The molecule has 0 aliphatic carbocycles. The van der Waals surface area contributed by atoms with Gasteiger partial charge in [-0.25, -0.2) is 4.79 Å². The van der Waals surface area contributed by atoms with Crippen LogP contribution >= 0.6 is 0 Å². The molecule has 0 bridgehead atoms. The average Bonchev–Trinajstić information content (AvgIpc) is 2.82. The van der Waals surface area contributed by atoms with Crippen molar-refractivity contribution >= 4 is 11.9 Å². The van der Waals surface area contributed by atoms with Crippen molar-refractivity contribution in [3.8, 4) is 5.75 Å². The van der Waals surface area contributed by atoms with E-state index in [1.54, 1.807) is 31.2 Å². The Morgan fingerprint density at radius 2 is 2.14 bits per heavy atom. The lowest BCUT2D eigenvalue weighted by Gasteiger charge is -2.26. The monoisotopic (exact) mass is 302 g/mol. The van der Waals surface area contributed by atoms with E-state index in [1.165, 1.54) is 11.2 Å². The fourth-order valence-electron chi connectivity index (χ4n) is 2.53. The molecule has 1 aromatic carbocycles. The van der Waals surface area contributed by atoms with Crippen LogP contribution in [0.15, 0.2) is 35.1 Å². The molecule has 1 N–H and O–H groups in total. The number of amides is 1. The van der Waals surface area contributed by atoms with Gasteiger partial charge in [0.05, 0.1) is 12.2 Å². The first-order chi connectivity index (χ1) is 10.6. The van der Waals surface area contributed by atoms with E-state index in [0.717, 1.165) is 0 Å². The molecule has 0 fully saturated rings. The largest absolute Gasteiger partial charge is 0.491 e. The van der Waals surface area contributed by atoms with Crippen molar-refractivity contribution in [3.63, 3.8) is 0 Å². The molecule has 1 unspecified atom stereocenters. The third-order valence-electron chi connectivity index (χ3n) is 3.59. The van der Waals surface area contributed by atoms with Crippen LogP contribution in [-0.2, 0) is 4.79 Å². The zero-order chi connectivity index (χ0) is 15.7. The maximum atomic E-state index is 12.7. The number of hydrogen-bond donors (Lipinski definition) is 1. The summed E-state index contributed by atoms with van der Waals surface area (Å²) < 4.78 is 10.3. The normalized spacial score (nSPS) is 17.3. The predicted octanol–water partition coefficient (Wildman–Crippen LogP) is 1.64. The second-order valence-corrected chi connectivity index (χ2v) is 4.94. The zero-order valence-corrected chi connectivity index (χ0v) is 11.9. The van der Waals surface area contributed by atoms with Gasteiger partial charge in [-0.2, -0.15) is 0 Å². The topological polar surface area (TPSA) is 92.9 Å². The van der Waals surface area contributed by atoms with E-state index in [-0.39, 0.29) is 18.7 Å². The van der Waals surface area contributed by atoms with E-state index in [2.05, 4.69) is 5.16 Å². The number of para-hydroxylation sites is 1. The molecule has 1 atom stereocenters. The average molecular weight is 302 g/mol. The molecule has 0 radical (unpaired) electrons. The first-order valence-corrected chi connectivity index (χ1v) is 6.76. The van der Waals surface area contributed by atoms with E-state index in [1.807, 2.05) is 0 Å². The summed E-state index contributed by atoms with van der Waals surface area (Å²) in [6.07, 6.45) is 1.23. The van der Waals surface area contributed by atoms with Crippen LogP contribution in [0.3, 0.4) is 0 Å². The second kappa shape index (κ2) is 5.51. The first-order valence-electron chi connectivity index (χ1n) is 6.76. The van der Waals surface area contributed by atoms with Gasteiger partial charge in [-0.1, -0.05) is 23.4 Å². The number of aryl methyl sites for hydroxylation is 1. The third kappa shape index (κ3) is 2.30. The number of carboxylic acid groups (broad SMARTS) is 1. The molecule has 2 aromatic rings. The molecule has 1 aromatic heterocycles. The summed E-state index contributed by atoms with van der Waals surface area (Å²) >= 11 is 0. The smallest absolute Gasteiger partial charge is 0.331 e. The molecule has 22 heavy (non-hydrogen) atoms. The maximum Gasteiger partial charge on any atom is 0.331 e. The van der Waals surface area contributed by atoms with Crippen LogP contribution in [0.5, 0.6) is 5.75 Å². The number of hydrogen-bond acceptors (Lipinski definition) is 5. The molecule has 3 rings (SSSR count). The number of benzene rings is 1. The van der Waals surface area contributed by atoms with Crippen LogP contribution in [0, 0.1) is 6.92 Å². The Hall–Kier alpha value is -2.83. The van der Waals surface area contributed by atoms with Crippen molar-refractivity contribution in [1.82, 2.24) is 10.1 Å². The fourth-order valence-corrected chi connectivity index (χ4v) is 2.53. The van der Waals surface area contributed by atoms with Crippen LogP contribution in [0.2, 0.25) is 0 Å². The maximum absolute atomic E-state index is 12.7. The number of carbonyl (C=O) groups excluding carboxylic acids is 1. The van der Waals surface area contributed by atoms with Crippen molar-refractivity contribution in [2.75, 3.05) is 13.2 Å². The molecule has 0 spiro atoms. The van der Waals surface area contributed by atoms with Gasteiger partial charge < -0.3 is 19.3 Å². The van der Waals surface area contributed by atoms with Crippen LogP contribution in [0.25, 0.3) is 0 Å². The van der Waals surface area contributed by atoms with Crippen molar-refractivity contribution in [3.05, 3.63) is 47.3 Å². The van der Waals surface area contributed by atoms with Gasteiger partial charge in [-0.15, -0.1) is 0 Å². The SMILES string of the molecule is Cc1nocc1C(=O)N1CCOc2ccccc2C1C(=O)O. The lowest BCUT2D eigenvalue weighted by molar-refractivity contribution is -0.142. The summed E-state index contributed by atoms with van der Waals surface area (Å²) in [4.78, 5) is 25.7. The predicted molar refractivity (Wildman–Crippen MR) is 74.6 cm³/mol. The van der Waals surface area contributed by atoms with Crippen LogP contribution < -0.4 is 4.74 Å². The Balaban J connectivity index is 2.05. The fraction of sp³-hybridized carbons (Fsp3) is 0.267. The minimum atomic E-state index is -1.11. The van der Waals surface area contributed by atoms with Crippen molar-refractivity contribution in [2.45, 2.75) is 13.0 Å². The van der Waals surface area contributed by atoms with Gasteiger partial charge in [0.1, 0.15) is 24.2 Å². The van der Waals surface area contributed by atoms with E-state index >= 15 is 0 Å². The first kappa shape index (κ1) is 14.1. The van der Waals surface area contributed by atoms with E-state index in [4.69, 9.17) is 9.26 Å². The van der Waals surface area contributed by atoms with E-state index < -0.39 is 17.9 Å². The summed E-state index contributed by atoms with van der Waals surface area (Å²) in [6.45, 7) is 2.01. The number of nitrogens with zero attached hydrogens (tertiary/aromatic N) is 2. The Morgan fingerprint density at radius 1 is 1.36 bits per heavy atom. The van der Waals surface area contributed by atoms with Gasteiger partial charge in [0.25, 0.3) is 5.91 Å². The van der Waals surface area contributed by atoms with Gasteiger partial charge in [0.15, 0.2) is 6.04 Å². The molecule has 114 valence electrons. The number of rotatable bonds is 2. The quantitative estimate of drug-likeness (QED) is 0.906. The Labute approximate surface area is 126 Å². The van der Waals surface area contributed by atoms with Gasteiger partial charge in [0.2, 0.25) is 0 Å². The summed E-state index contributed by atoms with van der Waals surface area (Å²) in [7, 11) is 0. The number of aromatic nitrogens is 1. The third-order valence-corrected chi connectivity index (χ3v) is 3.59. The van der Waals surface area contributed by atoms with Crippen molar-refractivity contribution in [1.29, 1.82) is 0 Å². The van der Waals surface area contributed by atoms with Crippen LogP contribution in [0.1, 0.15) is 27.7 Å². The Bertz CT molecular complexity index is 724. The Morgan fingerprint density at radius 3 is 2.82 bits per heavy atom. The molecule has 1 aliphatic heterocycles.